The van der Waals surface area contributed by atoms with E-state index >= 15 is 0 Å². The summed E-state index contributed by atoms with van der Waals surface area (Å²) >= 11 is 0. The Bertz CT molecular complexity index is 791. The van der Waals surface area contributed by atoms with Crippen LogP contribution in [0.4, 0.5) is 17.6 Å². The van der Waals surface area contributed by atoms with E-state index in [0.717, 1.165) is 0 Å². The third kappa shape index (κ3) is 3.58. The van der Waals surface area contributed by atoms with E-state index in [1.807, 2.05) is 11.8 Å². The van der Waals surface area contributed by atoms with Gasteiger partial charge in [-0.1, -0.05) is 5.16 Å². The first-order valence-electron chi connectivity index (χ1n) is 7.34. The van der Waals surface area contributed by atoms with Gasteiger partial charge >= 0.3 is 0 Å². The van der Waals surface area contributed by atoms with Gasteiger partial charge in [0.25, 0.3) is 0 Å². The fourth-order valence-corrected chi connectivity index (χ4v) is 4.35. The Morgan fingerprint density at radius 1 is 1.43 bits per heavy atom. The normalized spacial score (nSPS) is 19.7. The van der Waals surface area contributed by atoms with Gasteiger partial charge in [0.05, 0.1) is 17.7 Å². The van der Waals surface area contributed by atoms with Gasteiger partial charge < -0.3 is 14.7 Å². The Morgan fingerprint density at radius 2 is 2.26 bits per heavy atom. The van der Waals surface area contributed by atoms with Crippen molar-refractivity contribution >= 4 is 27.4 Å². The number of sulfone groups is 1. The highest BCUT2D eigenvalue weighted by molar-refractivity contribution is 7.91. The molecule has 0 radical (unpaired) electrons. The maximum absolute atomic E-state index is 11.7. The zero-order chi connectivity index (χ0) is 16.4. The van der Waals surface area contributed by atoms with Gasteiger partial charge in [0.2, 0.25) is 5.95 Å². The summed E-state index contributed by atoms with van der Waals surface area (Å²) in [6.07, 6.45) is 2.06. The Morgan fingerprint density at radius 3 is 2.87 bits per heavy atom. The summed E-state index contributed by atoms with van der Waals surface area (Å²) in [5, 5.41) is 14.8. The van der Waals surface area contributed by atoms with Crippen LogP contribution in [0.25, 0.3) is 0 Å². The van der Waals surface area contributed by atoms with E-state index < -0.39 is 9.84 Å². The van der Waals surface area contributed by atoms with Gasteiger partial charge in [0, 0.05) is 18.7 Å². The molecule has 1 unspecified atom stereocenters. The monoisotopic (exact) mass is 338 g/mol. The molecule has 0 saturated carbocycles. The Balaban J connectivity index is 1.80. The molecule has 124 valence electrons. The van der Waals surface area contributed by atoms with Crippen LogP contribution in [0.5, 0.6) is 0 Å². The number of nitrogens with zero attached hydrogens (tertiary/aromatic N) is 5. The highest BCUT2D eigenvalue weighted by atomic mass is 32.2. The lowest BCUT2D eigenvalue weighted by Gasteiger charge is -2.26. The average molecular weight is 338 g/mol. The predicted molar refractivity (Wildman–Crippen MR) is 84.4 cm³/mol. The van der Waals surface area contributed by atoms with Crippen LogP contribution in [0.3, 0.4) is 0 Å². The van der Waals surface area contributed by atoms with E-state index in [1.165, 1.54) is 6.20 Å². The molecule has 0 bridgehead atoms. The lowest BCUT2D eigenvalue weighted by molar-refractivity contribution is 0.400. The van der Waals surface area contributed by atoms with Crippen molar-refractivity contribution in [1.29, 1.82) is 0 Å². The molecule has 23 heavy (non-hydrogen) atoms. The maximum Gasteiger partial charge on any atom is 0.247 e. The Kier molecular flexibility index (Phi) is 4.16. The topological polar surface area (TPSA) is 114 Å². The first-order chi connectivity index (χ1) is 11.0. The van der Waals surface area contributed by atoms with Crippen LogP contribution in [0.15, 0.2) is 16.8 Å². The highest BCUT2D eigenvalue weighted by Crippen LogP contribution is 2.22. The van der Waals surface area contributed by atoms with Crippen molar-refractivity contribution in [2.45, 2.75) is 26.3 Å². The van der Waals surface area contributed by atoms with Crippen LogP contribution in [0.1, 0.15) is 19.1 Å². The summed E-state index contributed by atoms with van der Waals surface area (Å²) in [5.41, 5.74) is 0. The number of aryl methyl sites for hydroxylation is 1. The standard InChI is InChI=1S/C13H18N6O3S/c1-3-19(10-4-5-23(20,21)8-10)13-16-12(7-14-17-13)15-11-6-9(2)22-18-11/h6-7,10H,3-5,8H2,1-2H3,(H,15,16,17,18). The first-order valence-corrected chi connectivity index (χ1v) is 9.16. The number of rotatable bonds is 5. The molecule has 2 aromatic heterocycles. The fraction of sp³-hybridized carbons (Fsp3) is 0.538. The molecule has 0 amide bonds. The minimum atomic E-state index is -2.97. The van der Waals surface area contributed by atoms with Gasteiger partial charge in [0.1, 0.15) is 5.76 Å². The molecule has 1 aliphatic heterocycles. The molecule has 1 atom stereocenters. The van der Waals surface area contributed by atoms with E-state index in [0.29, 0.717) is 36.3 Å². The van der Waals surface area contributed by atoms with Crippen LogP contribution in [-0.2, 0) is 9.84 Å². The second kappa shape index (κ2) is 6.11. The molecule has 0 spiro atoms. The van der Waals surface area contributed by atoms with Gasteiger partial charge in [-0.2, -0.15) is 10.1 Å². The van der Waals surface area contributed by atoms with Gasteiger partial charge in [0.15, 0.2) is 21.5 Å². The molecular formula is C13H18N6O3S. The summed E-state index contributed by atoms with van der Waals surface area (Å²) in [4.78, 5) is 6.28. The van der Waals surface area contributed by atoms with E-state index in [1.54, 1.807) is 13.0 Å². The minimum Gasteiger partial charge on any atom is -0.360 e. The second-order valence-electron chi connectivity index (χ2n) is 5.43. The van der Waals surface area contributed by atoms with Crippen LogP contribution in [0.2, 0.25) is 0 Å². The van der Waals surface area contributed by atoms with Gasteiger partial charge in [-0.25, -0.2) is 8.42 Å². The SMILES string of the molecule is CCN(c1nncc(Nc2cc(C)on2)n1)C1CCS(=O)(=O)C1. The molecule has 1 N–H and O–H groups in total. The average Bonchev–Trinajstić information content (AvgIpc) is 3.06. The van der Waals surface area contributed by atoms with E-state index in [2.05, 4.69) is 25.7 Å². The molecule has 1 fully saturated rings. The van der Waals surface area contributed by atoms with Crippen molar-refractivity contribution in [3.63, 3.8) is 0 Å². The van der Waals surface area contributed by atoms with Crippen LogP contribution in [-0.4, -0.2) is 52.8 Å². The Labute approximate surface area is 134 Å². The zero-order valence-corrected chi connectivity index (χ0v) is 13.7. The maximum atomic E-state index is 11.7. The number of hydrogen-bond donors (Lipinski definition) is 1. The van der Waals surface area contributed by atoms with Crippen molar-refractivity contribution in [3.05, 3.63) is 18.0 Å². The number of hydrogen-bond acceptors (Lipinski definition) is 9. The molecule has 2 aromatic rings. The smallest absolute Gasteiger partial charge is 0.247 e. The molecular weight excluding hydrogens is 320 g/mol. The summed E-state index contributed by atoms with van der Waals surface area (Å²) in [6, 6.07) is 1.62. The molecule has 10 heteroatoms. The van der Waals surface area contributed by atoms with Gasteiger partial charge in [-0.15, -0.1) is 5.10 Å². The van der Waals surface area contributed by atoms with Crippen molar-refractivity contribution in [1.82, 2.24) is 20.3 Å². The summed E-state index contributed by atoms with van der Waals surface area (Å²) in [5.74, 6) is 2.42. The fourth-order valence-electron chi connectivity index (χ4n) is 2.62. The molecule has 1 aliphatic rings. The third-order valence-corrected chi connectivity index (χ3v) is 5.43. The lowest BCUT2D eigenvalue weighted by atomic mass is 10.2. The first kappa shape index (κ1) is 15.7. The largest absolute Gasteiger partial charge is 0.360 e. The molecule has 3 heterocycles. The van der Waals surface area contributed by atoms with E-state index in [-0.39, 0.29) is 17.5 Å². The number of nitrogens with one attached hydrogen (secondary N) is 1. The number of anilines is 3. The molecule has 0 aliphatic carbocycles. The molecule has 0 aromatic carbocycles. The molecule has 9 nitrogen and oxygen atoms in total. The predicted octanol–water partition coefficient (Wildman–Crippen LogP) is 0.925. The van der Waals surface area contributed by atoms with Crippen molar-refractivity contribution in [3.8, 4) is 0 Å². The van der Waals surface area contributed by atoms with E-state index in [9.17, 15) is 8.42 Å². The highest BCUT2D eigenvalue weighted by Gasteiger charge is 2.33. The zero-order valence-electron chi connectivity index (χ0n) is 12.9. The van der Waals surface area contributed by atoms with Crippen molar-refractivity contribution in [2.75, 3.05) is 28.3 Å². The number of aromatic nitrogens is 4. The quantitative estimate of drug-likeness (QED) is 0.850. The molecule has 1 saturated heterocycles. The molecule has 3 rings (SSSR count). The van der Waals surface area contributed by atoms with Gasteiger partial charge in [-0.3, -0.25) is 0 Å². The van der Waals surface area contributed by atoms with E-state index in [4.69, 9.17) is 4.52 Å². The van der Waals surface area contributed by atoms with Crippen molar-refractivity contribution in [2.24, 2.45) is 0 Å². The van der Waals surface area contributed by atoms with Crippen LogP contribution in [0, 0.1) is 6.92 Å². The van der Waals surface area contributed by atoms with Crippen molar-refractivity contribution < 1.29 is 12.9 Å². The third-order valence-electron chi connectivity index (χ3n) is 3.68. The summed E-state index contributed by atoms with van der Waals surface area (Å²) < 4.78 is 28.4. The van der Waals surface area contributed by atoms with Gasteiger partial charge in [-0.05, 0) is 20.3 Å². The minimum absolute atomic E-state index is 0.114. The summed E-state index contributed by atoms with van der Waals surface area (Å²) in [6.45, 7) is 4.34. The lowest BCUT2D eigenvalue weighted by Crippen LogP contribution is -2.37. The van der Waals surface area contributed by atoms with Crippen LogP contribution >= 0.6 is 0 Å². The van der Waals surface area contributed by atoms with Crippen LogP contribution < -0.4 is 10.2 Å². The Hall–Kier alpha value is -2.23. The summed E-state index contributed by atoms with van der Waals surface area (Å²) in [7, 11) is -2.97. The second-order valence-corrected chi connectivity index (χ2v) is 7.66.